The van der Waals surface area contributed by atoms with Crippen molar-refractivity contribution in [3.8, 4) is 11.5 Å². The van der Waals surface area contributed by atoms with Gasteiger partial charge in [-0.15, -0.1) is 0 Å². The molecule has 37 heavy (non-hydrogen) atoms. The maximum atomic E-state index is 13.4. The molecule has 0 radical (unpaired) electrons. The Morgan fingerprint density at radius 3 is 2.84 bits per heavy atom. The smallest absolute Gasteiger partial charge is 0.270 e. The van der Waals surface area contributed by atoms with Crippen molar-refractivity contribution in [2.24, 2.45) is 0 Å². The number of carbonyl (C=O) groups is 1. The molecule has 0 bridgehead atoms. The molecule has 1 aliphatic rings. The van der Waals surface area contributed by atoms with Crippen LogP contribution in [0.1, 0.15) is 41.5 Å². The van der Waals surface area contributed by atoms with E-state index in [4.69, 9.17) is 9.47 Å². The Kier molecular flexibility index (Phi) is 6.93. The van der Waals surface area contributed by atoms with Gasteiger partial charge in [-0.1, -0.05) is 18.2 Å². The van der Waals surface area contributed by atoms with E-state index in [-0.39, 0.29) is 23.5 Å². The van der Waals surface area contributed by atoms with E-state index >= 15 is 0 Å². The zero-order chi connectivity index (χ0) is 25.8. The highest BCUT2D eigenvalue weighted by Crippen LogP contribution is 2.31. The topological polar surface area (TPSA) is 91.2 Å². The van der Waals surface area contributed by atoms with Crippen LogP contribution in [0.4, 0.5) is 4.39 Å². The molecule has 3 atom stereocenters. The lowest BCUT2D eigenvalue weighted by Gasteiger charge is -2.27. The number of amides is 1. The standard InChI is InChI=1S/C28H26FN5O3/c1-18(33-28(35)25-12-13-30-17-31-25)27(19-4-3-5-23(14-19)36-2)37-24-10-11-26-20(15-24)16-32-34(26)22-8-6-21(29)7-9-22/h3-8,10-18,22,27H,9H2,1-2H3,(H,33,35)/t18-,22?,27-/m0/s1. The monoisotopic (exact) mass is 499 g/mol. The summed E-state index contributed by atoms with van der Waals surface area (Å²) in [4.78, 5) is 20.7. The molecular weight excluding hydrogens is 473 g/mol. The molecule has 0 saturated carbocycles. The van der Waals surface area contributed by atoms with E-state index in [9.17, 15) is 9.18 Å². The lowest BCUT2D eigenvalue weighted by Crippen LogP contribution is -2.39. The average Bonchev–Trinajstić information content (AvgIpc) is 3.36. The highest BCUT2D eigenvalue weighted by Gasteiger charge is 2.25. The molecule has 0 spiro atoms. The molecule has 0 fully saturated rings. The minimum absolute atomic E-state index is 0.0506. The first-order chi connectivity index (χ1) is 18.0. The van der Waals surface area contributed by atoms with E-state index in [2.05, 4.69) is 20.4 Å². The van der Waals surface area contributed by atoms with Crippen LogP contribution in [0.2, 0.25) is 0 Å². The van der Waals surface area contributed by atoms with Crippen LogP contribution in [0.5, 0.6) is 11.5 Å². The van der Waals surface area contributed by atoms with Crippen molar-refractivity contribution in [1.82, 2.24) is 25.1 Å². The van der Waals surface area contributed by atoms with Crippen LogP contribution < -0.4 is 14.8 Å². The lowest BCUT2D eigenvalue weighted by molar-refractivity contribution is 0.0876. The first-order valence-corrected chi connectivity index (χ1v) is 11.9. The van der Waals surface area contributed by atoms with E-state index in [0.29, 0.717) is 17.9 Å². The molecular formula is C28H26FN5O3. The second-order valence-corrected chi connectivity index (χ2v) is 8.73. The van der Waals surface area contributed by atoms with Gasteiger partial charge in [0.25, 0.3) is 5.91 Å². The molecule has 188 valence electrons. The fraction of sp³-hybridized carbons (Fsp3) is 0.214. The van der Waals surface area contributed by atoms with Crippen LogP contribution in [0.25, 0.3) is 10.9 Å². The van der Waals surface area contributed by atoms with Gasteiger partial charge >= 0.3 is 0 Å². The predicted molar refractivity (Wildman–Crippen MR) is 137 cm³/mol. The number of carbonyl (C=O) groups excluding carboxylic acids is 1. The summed E-state index contributed by atoms with van der Waals surface area (Å²) in [5.74, 6) is 0.748. The Bertz CT molecular complexity index is 1470. The van der Waals surface area contributed by atoms with Crippen molar-refractivity contribution in [3.63, 3.8) is 0 Å². The molecule has 1 unspecified atom stereocenters. The molecule has 2 heterocycles. The number of fused-ring (bicyclic) bond motifs is 1. The van der Waals surface area contributed by atoms with Gasteiger partial charge in [-0.2, -0.15) is 5.10 Å². The average molecular weight is 500 g/mol. The van der Waals surface area contributed by atoms with Crippen LogP contribution in [-0.2, 0) is 0 Å². The number of hydrogen-bond donors (Lipinski definition) is 1. The third-order valence-corrected chi connectivity index (χ3v) is 6.23. The van der Waals surface area contributed by atoms with Crippen LogP contribution in [0.3, 0.4) is 0 Å². The third kappa shape index (κ3) is 5.35. The Morgan fingerprint density at radius 1 is 1.19 bits per heavy atom. The Morgan fingerprint density at radius 2 is 2.08 bits per heavy atom. The zero-order valence-electron chi connectivity index (χ0n) is 20.4. The minimum Gasteiger partial charge on any atom is -0.497 e. The molecule has 4 aromatic rings. The van der Waals surface area contributed by atoms with Crippen molar-refractivity contribution < 1.29 is 18.7 Å². The molecule has 0 aliphatic heterocycles. The predicted octanol–water partition coefficient (Wildman–Crippen LogP) is 5.13. The van der Waals surface area contributed by atoms with Gasteiger partial charge in [-0.25, -0.2) is 14.4 Å². The van der Waals surface area contributed by atoms with Crippen LogP contribution in [-0.4, -0.2) is 38.8 Å². The summed E-state index contributed by atoms with van der Waals surface area (Å²) in [6.45, 7) is 1.88. The van der Waals surface area contributed by atoms with Gasteiger partial charge in [0.15, 0.2) is 0 Å². The minimum atomic E-state index is -0.525. The molecule has 9 heteroatoms. The number of nitrogens with zero attached hydrogens (tertiary/aromatic N) is 4. The Labute approximate surface area is 213 Å². The van der Waals surface area contributed by atoms with Gasteiger partial charge in [0.2, 0.25) is 0 Å². The molecule has 1 N–H and O–H groups in total. The summed E-state index contributed by atoms with van der Waals surface area (Å²) < 4.78 is 27.1. The molecule has 0 saturated heterocycles. The van der Waals surface area contributed by atoms with Crippen molar-refractivity contribution >= 4 is 16.8 Å². The SMILES string of the molecule is COc1cccc([C@@H](Oc2ccc3c(cnn3C3C=CC(F)=CC3)c2)[C@H](C)NC(=O)c2ccncn2)c1. The van der Waals surface area contributed by atoms with Gasteiger partial charge in [0.05, 0.1) is 30.9 Å². The van der Waals surface area contributed by atoms with Crippen LogP contribution >= 0.6 is 0 Å². The third-order valence-electron chi connectivity index (χ3n) is 6.23. The number of nitrogens with one attached hydrogen (secondary N) is 1. The summed E-state index contributed by atoms with van der Waals surface area (Å²) in [5, 5.41) is 8.40. The van der Waals surface area contributed by atoms with E-state index in [0.717, 1.165) is 16.5 Å². The first-order valence-electron chi connectivity index (χ1n) is 11.9. The fourth-order valence-electron chi connectivity index (χ4n) is 4.34. The maximum absolute atomic E-state index is 13.4. The van der Waals surface area contributed by atoms with E-state index in [1.165, 1.54) is 18.6 Å². The van der Waals surface area contributed by atoms with Gasteiger partial charge in [0, 0.05) is 11.6 Å². The van der Waals surface area contributed by atoms with E-state index < -0.39 is 12.1 Å². The molecule has 1 aliphatic carbocycles. The van der Waals surface area contributed by atoms with Gasteiger partial charge in [0.1, 0.15) is 35.5 Å². The quantitative estimate of drug-likeness (QED) is 0.362. The number of aromatic nitrogens is 4. The van der Waals surface area contributed by atoms with Gasteiger partial charge in [-0.3, -0.25) is 9.48 Å². The number of hydrogen-bond acceptors (Lipinski definition) is 6. The Balaban J connectivity index is 1.41. The molecule has 2 aromatic carbocycles. The lowest BCUT2D eigenvalue weighted by atomic mass is 10.0. The van der Waals surface area contributed by atoms with Gasteiger partial charge in [-0.05, 0) is 67.5 Å². The maximum Gasteiger partial charge on any atom is 0.270 e. The summed E-state index contributed by atoms with van der Waals surface area (Å²) in [7, 11) is 1.60. The second-order valence-electron chi connectivity index (χ2n) is 8.73. The van der Waals surface area contributed by atoms with E-state index in [1.807, 2.05) is 60.1 Å². The van der Waals surface area contributed by atoms with E-state index in [1.54, 1.807) is 25.4 Å². The highest BCUT2D eigenvalue weighted by molar-refractivity contribution is 5.92. The summed E-state index contributed by atoms with van der Waals surface area (Å²) in [6, 6.07) is 14.4. The van der Waals surface area contributed by atoms with Crippen LogP contribution in [0, 0.1) is 0 Å². The largest absolute Gasteiger partial charge is 0.497 e. The second kappa shape index (κ2) is 10.6. The Hall–Kier alpha value is -4.53. The van der Waals surface area contributed by atoms with Crippen molar-refractivity contribution in [2.75, 3.05) is 7.11 Å². The van der Waals surface area contributed by atoms with Crippen molar-refractivity contribution in [3.05, 3.63) is 103 Å². The fourth-order valence-corrected chi connectivity index (χ4v) is 4.34. The van der Waals surface area contributed by atoms with Gasteiger partial charge < -0.3 is 14.8 Å². The van der Waals surface area contributed by atoms with Crippen molar-refractivity contribution in [2.45, 2.75) is 31.5 Å². The zero-order valence-corrected chi connectivity index (χ0v) is 20.4. The highest BCUT2D eigenvalue weighted by atomic mass is 19.1. The number of benzene rings is 2. The van der Waals surface area contributed by atoms with Crippen LogP contribution in [0.15, 0.2) is 91.3 Å². The summed E-state index contributed by atoms with van der Waals surface area (Å²) in [5.41, 5.74) is 2.03. The number of halogens is 1. The number of rotatable bonds is 8. The molecule has 2 aromatic heterocycles. The number of methoxy groups -OCH3 is 1. The molecule has 5 rings (SSSR count). The number of ether oxygens (including phenoxy) is 2. The summed E-state index contributed by atoms with van der Waals surface area (Å²) in [6.07, 6.45) is 9.48. The first kappa shape index (κ1) is 24.2. The number of allylic oxidation sites excluding steroid dienone is 4. The van der Waals surface area contributed by atoms with Crippen molar-refractivity contribution in [1.29, 1.82) is 0 Å². The normalized spacial score (nSPS) is 16.6. The molecule has 1 amide bonds. The molecule has 8 nitrogen and oxygen atoms in total. The summed E-state index contributed by atoms with van der Waals surface area (Å²) >= 11 is 0.